The minimum Gasteiger partial charge on any atom is -0.308 e. The fraction of sp³-hybridized carbons (Fsp3) is 0.400. The fourth-order valence-corrected chi connectivity index (χ4v) is 18.3. The van der Waals surface area contributed by atoms with Crippen molar-refractivity contribution in [2.45, 2.75) is 183 Å². The van der Waals surface area contributed by atoms with E-state index < -0.39 is 32.3 Å². The van der Waals surface area contributed by atoms with Crippen LogP contribution in [0.25, 0.3) is 98.4 Å². The van der Waals surface area contributed by atoms with Gasteiger partial charge in [0.1, 0.15) is 0 Å². The third-order valence-electron chi connectivity index (χ3n) is 17.5. The lowest BCUT2D eigenvalue weighted by atomic mass is 9.79. The van der Waals surface area contributed by atoms with E-state index in [-0.39, 0.29) is 21.7 Å². The molecule has 0 radical (unpaired) electrons. The first-order chi connectivity index (χ1) is 34.7. The molecule has 394 valence electrons. The number of rotatable bonds is 6. The van der Waals surface area contributed by atoms with Gasteiger partial charge in [-0.3, -0.25) is 0 Å². The van der Waals surface area contributed by atoms with Crippen LogP contribution in [0, 0.1) is 0 Å². The van der Waals surface area contributed by atoms with Crippen molar-refractivity contribution in [3.8, 4) is 22.3 Å². The maximum atomic E-state index is 2.82. The van der Waals surface area contributed by atoms with Crippen LogP contribution in [0.2, 0.25) is 78.6 Å². The van der Waals surface area contributed by atoms with Crippen LogP contribution in [0.4, 0.5) is 0 Å². The largest absolute Gasteiger partial charge is 0.308 e. The second-order valence-corrected chi connectivity index (χ2v) is 52.0. The first kappa shape index (κ1) is 53.0. The Morgan fingerprint density at radius 3 is 0.829 bits per heavy atom. The zero-order valence-electron chi connectivity index (χ0n) is 51.1. The Bertz CT molecular complexity index is 3870. The Labute approximate surface area is 460 Å². The van der Waals surface area contributed by atoms with Gasteiger partial charge in [0.2, 0.25) is 0 Å². The van der Waals surface area contributed by atoms with E-state index in [0.717, 1.165) is 0 Å². The molecule has 76 heavy (non-hydrogen) atoms. The van der Waals surface area contributed by atoms with Gasteiger partial charge in [0.25, 0.3) is 0 Å². The zero-order valence-corrected chi connectivity index (χ0v) is 55.1. The van der Waals surface area contributed by atoms with Crippen LogP contribution in [0.5, 0.6) is 0 Å². The molecule has 11 rings (SSSR count). The highest BCUT2D eigenvalue weighted by Gasteiger charge is 2.36. The molecule has 0 aliphatic rings. The molecule has 0 saturated carbocycles. The van der Waals surface area contributed by atoms with Crippen molar-refractivity contribution in [2.24, 2.45) is 0 Å². The van der Waals surface area contributed by atoms with Crippen molar-refractivity contribution in [1.29, 1.82) is 0 Å². The van der Waals surface area contributed by atoms with E-state index in [1.54, 1.807) is 20.7 Å². The summed E-state index contributed by atoms with van der Waals surface area (Å²) in [5.41, 5.74) is 19.2. The van der Waals surface area contributed by atoms with Crippen LogP contribution in [-0.2, 0) is 21.7 Å². The lowest BCUT2D eigenvalue weighted by molar-refractivity contribution is 0.568. The molecule has 0 fully saturated rings. The molecule has 0 amide bonds. The van der Waals surface area contributed by atoms with Gasteiger partial charge in [-0.05, 0) is 88.7 Å². The predicted octanol–water partition coefficient (Wildman–Crippen LogP) is 18.7. The molecule has 11 aromatic rings. The summed E-state index contributed by atoms with van der Waals surface area (Å²) in [5, 5.41) is 17.7. The first-order valence-corrected chi connectivity index (χ1v) is 42.6. The molecule has 0 N–H and O–H groups in total. The molecule has 4 heterocycles. The molecular weight excluding hydrogens is 981 g/mol. The van der Waals surface area contributed by atoms with Crippen molar-refractivity contribution in [2.75, 3.05) is 0 Å². The average Bonchev–Trinajstić information content (AvgIpc) is 4.01. The molecule has 0 bridgehead atoms. The van der Waals surface area contributed by atoms with Crippen LogP contribution < -0.4 is 20.7 Å². The molecule has 0 aliphatic heterocycles. The Morgan fingerprint density at radius 2 is 0.566 bits per heavy atom. The van der Waals surface area contributed by atoms with Crippen molar-refractivity contribution >= 4 is 129 Å². The third-order valence-corrected chi connectivity index (χ3v) is 25.5. The van der Waals surface area contributed by atoms with Crippen molar-refractivity contribution < 1.29 is 0 Å². The Kier molecular flexibility index (Phi) is 11.4. The Balaban J connectivity index is 1.42. The molecular formula is C70H88N2Si4. The van der Waals surface area contributed by atoms with Gasteiger partial charge in [0.05, 0.1) is 65.4 Å². The van der Waals surface area contributed by atoms with Gasteiger partial charge in [-0.15, -0.1) is 0 Å². The van der Waals surface area contributed by atoms with Crippen molar-refractivity contribution in [3.05, 3.63) is 119 Å². The SMILES string of the molecule is CC(C)(C)c1cc(-c2ccc3c4c5c6cc([Si](C)(C)C)cc([Si](C)(C)C)c6n6c7cc(-c8cc(C(C)(C)C)cc(C(C)(C)C)c8)ccc7c(c7c8cc([Si](C)(C)C)cc([Si](C)(C)C)c8n(c3c2)c47)c56)cc(C(C)(C)C)c1. The molecule has 0 spiro atoms. The summed E-state index contributed by atoms with van der Waals surface area (Å²) in [5.74, 6) is 0. The fourth-order valence-electron chi connectivity index (χ4n) is 12.6. The third kappa shape index (κ3) is 8.22. The lowest BCUT2D eigenvalue weighted by Gasteiger charge is -2.26. The molecule has 2 nitrogen and oxygen atoms in total. The van der Waals surface area contributed by atoms with E-state index in [1.165, 1.54) is 121 Å². The van der Waals surface area contributed by atoms with Gasteiger partial charge in [-0.2, -0.15) is 0 Å². The van der Waals surface area contributed by atoms with Gasteiger partial charge in [0.15, 0.2) is 0 Å². The lowest BCUT2D eigenvalue weighted by Crippen LogP contribution is -2.45. The molecule has 0 unspecified atom stereocenters. The van der Waals surface area contributed by atoms with Gasteiger partial charge < -0.3 is 8.80 Å². The topological polar surface area (TPSA) is 8.82 Å². The van der Waals surface area contributed by atoms with E-state index >= 15 is 0 Å². The number of nitrogens with zero attached hydrogens (tertiary/aromatic N) is 2. The normalized spacial score (nSPS) is 14.3. The minimum absolute atomic E-state index is 0.0163. The van der Waals surface area contributed by atoms with Gasteiger partial charge in [-0.25, -0.2) is 0 Å². The Morgan fingerprint density at radius 1 is 0.276 bits per heavy atom. The highest BCUT2D eigenvalue weighted by molar-refractivity contribution is 6.94. The smallest absolute Gasteiger partial charge is 0.0803 e. The number of aromatic nitrogens is 2. The maximum Gasteiger partial charge on any atom is 0.0803 e. The van der Waals surface area contributed by atoms with Crippen LogP contribution in [0.15, 0.2) is 97.1 Å². The minimum atomic E-state index is -1.96. The van der Waals surface area contributed by atoms with E-state index in [1.807, 2.05) is 0 Å². The maximum absolute atomic E-state index is 2.82. The van der Waals surface area contributed by atoms with Crippen LogP contribution in [0.1, 0.15) is 105 Å². The second kappa shape index (κ2) is 16.3. The molecule has 6 heteroatoms. The summed E-state index contributed by atoms with van der Waals surface area (Å²) in [7, 11) is -7.49. The highest BCUT2D eigenvalue weighted by Crippen LogP contribution is 2.53. The van der Waals surface area contributed by atoms with Gasteiger partial charge in [-0.1, -0.05) is 257 Å². The second-order valence-electron chi connectivity index (χ2n) is 31.8. The highest BCUT2D eigenvalue weighted by atomic mass is 28.3. The molecule has 4 aromatic heterocycles. The standard InChI is InChI=1S/C70H88N2Si4/c1-67(2,3)45-29-43(30-46(35-45)68(4,5)6)41-25-27-51-55(33-41)71-63-53(37-49(73(13,14)15)39-57(63)75(19,20)21)62-60-52-28-26-42(44-31-47(69(7,8)9)36-48(32-44)70(10,11)12)34-56(52)72-64-54(61(66(60)72)59(51)65(62)71)38-50(74(16,17)18)40-58(64)76(22,23)24/h25-40H,1-24H3. The quantitative estimate of drug-likeness (QED) is 0.147. The number of benzene rings is 7. The zero-order chi connectivity index (χ0) is 55.5. The van der Waals surface area contributed by atoms with E-state index in [9.17, 15) is 0 Å². The van der Waals surface area contributed by atoms with Crippen LogP contribution in [0.3, 0.4) is 0 Å². The van der Waals surface area contributed by atoms with E-state index in [0.29, 0.717) is 0 Å². The van der Waals surface area contributed by atoms with Gasteiger partial charge in [0, 0.05) is 43.1 Å². The molecule has 0 aliphatic carbocycles. The van der Waals surface area contributed by atoms with Crippen molar-refractivity contribution in [3.63, 3.8) is 0 Å². The number of hydrogen-bond donors (Lipinski definition) is 0. The molecule has 0 atom stereocenters. The predicted molar refractivity (Wildman–Crippen MR) is 353 cm³/mol. The Hall–Kier alpha value is -4.99. The van der Waals surface area contributed by atoms with Gasteiger partial charge >= 0.3 is 0 Å². The molecule has 7 aromatic carbocycles. The molecule has 0 saturated heterocycles. The summed E-state index contributed by atoms with van der Waals surface area (Å²) >= 11 is 0. The summed E-state index contributed by atoms with van der Waals surface area (Å²) in [6, 6.07) is 40.8. The van der Waals surface area contributed by atoms with Crippen LogP contribution >= 0.6 is 0 Å². The van der Waals surface area contributed by atoms with Crippen molar-refractivity contribution in [1.82, 2.24) is 8.80 Å². The number of fused-ring (bicyclic) bond motifs is 14. The first-order valence-electron chi connectivity index (χ1n) is 28.6. The van der Waals surface area contributed by atoms with E-state index in [2.05, 4.69) is 268 Å². The number of hydrogen-bond acceptors (Lipinski definition) is 0. The summed E-state index contributed by atoms with van der Waals surface area (Å²) in [6.07, 6.45) is 0. The summed E-state index contributed by atoms with van der Waals surface area (Å²) in [6.45, 7) is 59.2. The summed E-state index contributed by atoms with van der Waals surface area (Å²) in [4.78, 5) is 0. The monoisotopic (exact) mass is 1070 g/mol. The van der Waals surface area contributed by atoms with Crippen LogP contribution in [-0.4, -0.2) is 41.1 Å². The average molecular weight is 1070 g/mol. The summed E-state index contributed by atoms with van der Waals surface area (Å²) < 4.78 is 5.63. The van der Waals surface area contributed by atoms with E-state index in [4.69, 9.17) is 0 Å².